The average Bonchev–Trinajstić information content (AvgIpc) is 2.61. The molecule has 3 rings (SSSR count). The van der Waals surface area contributed by atoms with Crippen molar-refractivity contribution >= 4 is 10.0 Å². The second kappa shape index (κ2) is 7.84. The molecule has 2 fully saturated rings. The van der Waals surface area contributed by atoms with E-state index in [0.29, 0.717) is 39.1 Å². The van der Waals surface area contributed by atoms with Crippen LogP contribution in [-0.4, -0.2) is 73.9 Å². The van der Waals surface area contributed by atoms with Crippen molar-refractivity contribution in [1.82, 2.24) is 9.21 Å². The summed E-state index contributed by atoms with van der Waals surface area (Å²) in [6.07, 6.45) is 3.41. The highest BCUT2D eigenvalue weighted by atomic mass is 32.2. The zero-order valence-corrected chi connectivity index (χ0v) is 16.5. The predicted octanol–water partition coefficient (Wildman–Crippen LogP) is 1.35. The first kappa shape index (κ1) is 19.6. The van der Waals surface area contributed by atoms with Gasteiger partial charge in [0, 0.05) is 38.6 Å². The monoisotopic (exact) mass is 382 g/mol. The summed E-state index contributed by atoms with van der Waals surface area (Å²) in [4.78, 5) is 2.28. The first-order valence-electron chi connectivity index (χ1n) is 9.42. The minimum absolute atomic E-state index is 0.0392. The third kappa shape index (κ3) is 4.39. The van der Waals surface area contributed by atoms with E-state index >= 15 is 0 Å². The van der Waals surface area contributed by atoms with Crippen LogP contribution in [-0.2, 0) is 16.4 Å². The van der Waals surface area contributed by atoms with Crippen molar-refractivity contribution in [2.24, 2.45) is 5.92 Å². The van der Waals surface area contributed by atoms with E-state index in [2.05, 4.69) is 17.9 Å². The number of fused-ring (bicyclic) bond motifs is 1. The van der Waals surface area contributed by atoms with Crippen LogP contribution in [0.3, 0.4) is 0 Å². The number of hydrogen-bond donors (Lipinski definition) is 1. The van der Waals surface area contributed by atoms with Crippen LogP contribution in [0.15, 0.2) is 24.3 Å². The van der Waals surface area contributed by atoms with Crippen LogP contribution in [0.2, 0.25) is 0 Å². The average molecular weight is 383 g/mol. The first-order valence-corrected chi connectivity index (χ1v) is 11.3. The van der Waals surface area contributed by atoms with Crippen molar-refractivity contribution in [1.29, 1.82) is 0 Å². The summed E-state index contributed by atoms with van der Waals surface area (Å²) in [6.45, 7) is 5.85. The van der Waals surface area contributed by atoms with Crippen molar-refractivity contribution < 1.29 is 18.3 Å². The molecule has 26 heavy (non-hydrogen) atoms. The van der Waals surface area contributed by atoms with Crippen molar-refractivity contribution in [3.63, 3.8) is 0 Å². The minimum atomic E-state index is -3.20. The third-order valence-corrected chi connectivity index (χ3v) is 7.07. The summed E-state index contributed by atoms with van der Waals surface area (Å²) in [5, 5.41) is 10.9. The number of hydrogen-bond acceptors (Lipinski definition) is 5. The summed E-state index contributed by atoms with van der Waals surface area (Å²) in [6, 6.07) is 8.09. The van der Waals surface area contributed by atoms with Crippen molar-refractivity contribution in [3.05, 3.63) is 29.8 Å². The molecule has 2 aliphatic rings. The Morgan fingerprint density at radius 3 is 2.69 bits per heavy atom. The van der Waals surface area contributed by atoms with Crippen LogP contribution in [0.5, 0.6) is 5.75 Å². The fourth-order valence-corrected chi connectivity index (χ4v) is 4.94. The number of piperidine rings is 2. The lowest BCUT2D eigenvalue weighted by Crippen LogP contribution is -2.60. The highest BCUT2D eigenvalue weighted by molar-refractivity contribution is 7.88. The zero-order valence-electron chi connectivity index (χ0n) is 15.7. The molecule has 0 spiro atoms. The van der Waals surface area contributed by atoms with E-state index in [1.807, 2.05) is 18.2 Å². The maximum absolute atomic E-state index is 11.8. The molecular formula is C19H30N2O4S. The normalized spacial score (nSPS) is 27.9. The maximum Gasteiger partial charge on any atom is 0.211 e. The molecule has 0 bridgehead atoms. The Kier molecular flexibility index (Phi) is 5.91. The van der Waals surface area contributed by atoms with Gasteiger partial charge in [-0.05, 0) is 30.9 Å². The molecular weight excluding hydrogens is 352 g/mol. The highest BCUT2D eigenvalue weighted by Gasteiger charge is 2.46. The molecule has 0 radical (unpaired) electrons. The van der Waals surface area contributed by atoms with E-state index in [4.69, 9.17) is 4.74 Å². The van der Waals surface area contributed by atoms with Gasteiger partial charge in [-0.3, -0.25) is 4.90 Å². The summed E-state index contributed by atoms with van der Waals surface area (Å²) in [5.74, 6) is 0.895. The molecule has 0 aliphatic carbocycles. The quantitative estimate of drug-likeness (QED) is 0.804. The number of ether oxygens (including phenoxy) is 1. The van der Waals surface area contributed by atoms with Gasteiger partial charge in [0.1, 0.15) is 12.4 Å². The van der Waals surface area contributed by atoms with Gasteiger partial charge in [-0.25, -0.2) is 12.7 Å². The molecule has 2 atom stereocenters. The van der Waals surface area contributed by atoms with Gasteiger partial charge in [-0.15, -0.1) is 0 Å². The van der Waals surface area contributed by atoms with Gasteiger partial charge in [0.05, 0.1) is 11.9 Å². The fourth-order valence-electron chi connectivity index (χ4n) is 4.07. The topological polar surface area (TPSA) is 70.1 Å². The Labute approximate surface area is 156 Å². The van der Waals surface area contributed by atoms with Crippen LogP contribution in [0.25, 0.3) is 0 Å². The lowest BCUT2D eigenvalue weighted by molar-refractivity contribution is -0.102. The van der Waals surface area contributed by atoms with Crippen LogP contribution in [0.4, 0.5) is 0 Å². The Bertz CT molecular complexity index is 724. The van der Waals surface area contributed by atoms with Crippen molar-refractivity contribution in [2.45, 2.75) is 31.8 Å². The summed E-state index contributed by atoms with van der Waals surface area (Å²) in [5.41, 5.74) is 0.476. The lowest BCUT2D eigenvalue weighted by Gasteiger charge is -2.49. The Morgan fingerprint density at radius 2 is 1.96 bits per heavy atom. The standard InChI is InChI=1S/C19H30N2O4S/c1-3-16-6-4-5-7-18(16)25-13-12-20-10-8-19(22)9-11-21(26(2,23)24)15-17(19)14-20/h4-7,17,22H,3,8-15H2,1-2H3/t17-,19-/m1/s1. The number of nitrogens with zero attached hydrogens (tertiary/aromatic N) is 2. The van der Waals surface area contributed by atoms with E-state index < -0.39 is 15.6 Å². The van der Waals surface area contributed by atoms with E-state index in [0.717, 1.165) is 25.3 Å². The smallest absolute Gasteiger partial charge is 0.211 e. The largest absolute Gasteiger partial charge is 0.492 e. The Hall–Kier alpha value is -1.15. The molecule has 1 aromatic rings. The minimum Gasteiger partial charge on any atom is -0.492 e. The van der Waals surface area contributed by atoms with Crippen LogP contribution >= 0.6 is 0 Å². The maximum atomic E-state index is 11.8. The van der Waals surface area contributed by atoms with Gasteiger partial charge < -0.3 is 9.84 Å². The summed E-state index contributed by atoms with van der Waals surface area (Å²) < 4.78 is 31.2. The van der Waals surface area contributed by atoms with E-state index in [1.165, 1.54) is 16.1 Å². The van der Waals surface area contributed by atoms with Gasteiger partial charge >= 0.3 is 0 Å². The lowest BCUT2D eigenvalue weighted by atomic mass is 9.76. The molecule has 0 amide bonds. The number of benzene rings is 1. The molecule has 0 unspecified atom stereocenters. The number of para-hydroxylation sites is 1. The van der Waals surface area contributed by atoms with Crippen LogP contribution < -0.4 is 4.74 Å². The van der Waals surface area contributed by atoms with E-state index in [1.54, 1.807) is 0 Å². The molecule has 0 aromatic heterocycles. The SMILES string of the molecule is CCc1ccccc1OCCN1CC[C@@]2(O)CCN(S(C)(=O)=O)C[C@H]2C1. The van der Waals surface area contributed by atoms with Crippen LogP contribution in [0.1, 0.15) is 25.3 Å². The third-order valence-electron chi connectivity index (χ3n) is 5.81. The Balaban J connectivity index is 1.55. The number of aliphatic hydroxyl groups is 1. The van der Waals surface area contributed by atoms with Gasteiger partial charge in [0.2, 0.25) is 10.0 Å². The second-order valence-electron chi connectivity index (χ2n) is 7.53. The Morgan fingerprint density at radius 1 is 1.23 bits per heavy atom. The van der Waals surface area contributed by atoms with Crippen LogP contribution in [0, 0.1) is 5.92 Å². The summed E-state index contributed by atoms with van der Waals surface area (Å²) in [7, 11) is -3.20. The molecule has 2 heterocycles. The molecule has 0 saturated carbocycles. The van der Waals surface area contributed by atoms with Crippen molar-refractivity contribution in [2.75, 3.05) is 45.6 Å². The molecule has 146 valence electrons. The zero-order chi connectivity index (χ0) is 18.8. The second-order valence-corrected chi connectivity index (χ2v) is 9.51. The fraction of sp³-hybridized carbons (Fsp3) is 0.684. The molecule has 2 saturated heterocycles. The summed E-state index contributed by atoms with van der Waals surface area (Å²) >= 11 is 0. The molecule has 2 aliphatic heterocycles. The number of rotatable bonds is 6. The van der Waals surface area contributed by atoms with E-state index in [-0.39, 0.29) is 5.92 Å². The number of likely N-dealkylation sites (tertiary alicyclic amines) is 1. The van der Waals surface area contributed by atoms with Crippen molar-refractivity contribution in [3.8, 4) is 5.75 Å². The molecule has 1 aromatic carbocycles. The molecule has 6 nitrogen and oxygen atoms in total. The van der Waals surface area contributed by atoms with Gasteiger partial charge in [0.25, 0.3) is 0 Å². The van der Waals surface area contributed by atoms with Gasteiger partial charge in [-0.1, -0.05) is 25.1 Å². The highest BCUT2D eigenvalue weighted by Crippen LogP contribution is 2.36. The first-order chi connectivity index (χ1) is 12.3. The molecule has 7 heteroatoms. The predicted molar refractivity (Wildman–Crippen MR) is 102 cm³/mol. The molecule has 1 N–H and O–H groups in total. The van der Waals surface area contributed by atoms with E-state index in [9.17, 15) is 13.5 Å². The van der Waals surface area contributed by atoms with Gasteiger partial charge in [-0.2, -0.15) is 0 Å². The number of aryl methyl sites for hydroxylation is 1. The van der Waals surface area contributed by atoms with Gasteiger partial charge in [0.15, 0.2) is 0 Å². The number of sulfonamides is 1.